The average molecular weight is 445 g/mol. The van der Waals surface area contributed by atoms with E-state index in [0.29, 0.717) is 19.0 Å². The third-order valence-electron chi connectivity index (χ3n) is 5.29. The van der Waals surface area contributed by atoms with Gasteiger partial charge in [0.15, 0.2) is 11.7 Å². The summed E-state index contributed by atoms with van der Waals surface area (Å²) in [5, 5.41) is 3.01. The van der Waals surface area contributed by atoms with Crippen LogP contribution in [0.1, 0.15) is 22.8 Å². The molecule has 1 aliphatic heterocycles. The molecular formula is C22H25ClN4O2S. The summed E-state index contributed by atoms with van der Waals surface area (Å²) >= 11 is 7.45. The number of aromatic nitrogens is 1. The van der Waals surface area contributed by atoms with Crippen LogP contribution in [0, 0.1) is 13.8 Å². The van der Waals surface area contributed by atoms with E-state index in [1.165, 1.54) is 17.0 Å². The molecule has 0 atom stereocenters. The van der Waals surface area contributed by atoms with Gasteiger partial charge in [0.1, 0.15) is 0 Å². The summed E-state index contributed by atoms with van der Waals surface area (Å²) in [6.07, 6.45) is 2.70. The van der Waals surface area contributed by atoms with Crippen molar-refractivity contribution in [2.24, 2.45) is 0 Å². The molecular weight excluding hydrogens is 420 g/mol. The molecule has 1 N–H and O–H groups in total. The molecule has 2 aromatic heterocycles. The molecule has 30 heavy (non-hydrogen) atoms. The molecule has 1 aromatic carbocycles. The largest absolute Gasteiger partial charge is 0.441 e. The fraction of sp³-hybridized carbons (Fsp3) is 0.364. The highest BCUT2D eigenvalue weighted by Crippen LogP contribution is 2.28. The zero-order valence-electron chi connectivity index (χ0n) is 17.2. The van der Waals surface area contributed by atoms with Gasteiger partial charge in [0, 0.05) is 49.2 Å². The first kappa shape index (κ1) is 20.8. The number of oxazole rings is 1. The van der Waals surface area contributed by atoms with Gasteiger partial charge in [0.25, 0.3) is 0 Å². The van der Waals surface area contributed by atoms with Crippen molar-refractivity contribution in [1.29, 1.82) is 0 Å². The van der Waals surface area contributed by atoms with Gasteiger partial charge in [-0.3, -0.25) is 0 Å². The van der Waals surface area contributed by atoms with Crippen molar-refractivity contribution in [2.45, 2.75) is 26.8 Å². The lowest BCUT2D eigenvalue weighted by atomic mass is 10.1. The quantitative estimate of drug-likeness (QED) is 0.608. The third kappa shape index (κ3) is 4.79. The molecule has 3 heterocycles. The summed E-state index contributed by atoms with van der Waals surface area (Å²) in [6.45, 7) is 7.62. The highest BCUT2D eigenvalue weighted by molar-refractivity contribution is 7.16. The number of nitrogens with zero attached hydrogens (tertiary/aromatic N) is 3. The molecule has 1 saturated heterocycles. The van der Waals surface area contributed by atoms with E-state index in [9.17, 15) is 4.79 Å². The molecule has 6 nitrogen and oxygen atoms in total. The molecule has 0 aliphatic carbocycles. The van der Waals surface area contributed by atoms with Gasteiger partial charge < -0.3 is 19.5 Å². The first-order chi connectivity index (χ1) is 14.5. The molecule has 0 bridgehead atoms. The van der Waals surface area contributed by atoms with E-state index in [1.54, 1.807) is 6.20 Å². The smallest absolute Gasteiger partial charge is 0.317 e. The second-order valence-corrected chi connectivity index (χ2v) is 9.23. The average Bonchev–Trinajstić information content (AvgIpc) is 3.26. The van der Waals surface area contributed by atoms with Crippen molar-refractivity contribution in [3.05, 3.63) is 57.2 Å². The highest BCUT2D eigenvalue weighted by Gasteiger charge is 2.20. The summed E-state index contributed by atoms with van der Waals surface area (Å²) in [4.78, 5) is 22.1. The van der Waals surface area contributed by atoms with Crippen LogP contribution < -0.4 is 10.2 Å². The Morgan fingerprint density at radius 2 is 2.07 bits per heavy atom. The van der Waals surface area contributed by atoms with Crippen molar-refractivity contribution in [1.82, 2.24) is 15.2 Å². The normalized spacial score (nSPS) is 14.6. The minimum atomic E-state index is -0.0198. The predicted octanol–water partition coefficient (Wildman–Crippen LogP) is 5.10. The van der Waals surface area contributed by atoms with E-state index in [-0.39, 0.29) is 6.03 Å². The van der Waals surface area contributed by atoms with Crippen molar-refractivity contribution in [3.63, 3.8) is 0 Å². The lowest BCUT2D eigenvalue weighted by molar-refractivity contribution is 0.201. The van der Waals surface area contributed by atoms with Crippen LogP contribution in [0.2, 0.25) is 4.34 Å². The van der Waals surface area contributed by atoms with Crippen LogP contribution in [0.25, 0.3) is 11.3 Å². The molecule has 8 heteroatoms. The SMILES string of the molecule is Cc1ncc(-c2ccc(N3CCCN(C(=O)NCc4ccc(Cl)s4)CC3)cc2C)o1. The second kappa shape index (κ2) is 9.10. The van der Waals surface area contributed by atoms with Gasteiger partial charge >= 0.3 is 6.03 Å². The van der Waals surface area contributed by atoms with E-state index in [0.717, 1.165) is 52.2 Å². The molecule has 2 amide bonds. The number of benzene rings is 1. The number of carbonyl (C=O) groups is 1. The molecule has 0 radical (unpaired) electrons. The van der Waals surface area contributed by atoms with E-state index in [1.807, 2.05) is 24.0 Å². The van der Waals surface area contributed by atoms with E-state index >= 15 is 0 Å². The number of nitrogens with one attached hydrogen (secondary N) is 1. The maximum atomic E-state index is 12.6. The summed E-state index contributed by atoms with van der Waals surface area (Å²) < 4.78 is 6.41. The van der Waals surface area contributed by atoms with Gasteiger partial charge in [-0.05, 0) is 49.2 Å². The number of urea groups is 1. The maximum absolute atomic E-state index is 12.6. The minimum absolute atomic E-state index is 0.0198. The Morgan fingerprint density at radius 1 is 1.20 bits per heavy atom. The Morgan fingerprint density at radius 3 is 2.77 bits per heavy atom. The van der Waals surface area contributed by atoms with Crippen LogP contribution in [-0.2, 0) is 6.54 Å². The zero-order chi connectivity index (χ0) is 21.1. The lowest BCUT2D eigenvalue weighted by Gasteiger charge is -2.24. The number of anilines is 1. The number of hydrogen-bond acceptors (Lipinski definition) is 5. The van der Waals surface area contributed by atoms with Crippen LogP contribution in [0.15, 0.2) is 40.9 Å². The fourth-order valence-electron chi connectivity index (χ4n) is 3.71. The van der Waals surface area contributed by atoms with Gasteiger partial charge in [0.05, 0.1) is 17.1 Å². The number of hydrogen-bond donors (Lipinski definition) is 1. The van der Waals surface area contributed by atoms with Crippen LogP contribution in [0.3, 0.4) is 0 Å². The molecule has 4 rings (SSSR count). The van der Waals surface area contributed by atoms with Crippen molar-refractivity contribution >= 4 is 34.7 Å². The fourth-order valence-corrected chi connectivity index (χ4v) is 4.73. The van der Waals surface area contributed by atoms with Crippen molar-refractivity contribution < 1.29 is 9.21 Å². The molecule has 0 spiro atoms. The van der Waals surface area contributed by atoms with E-state index < -0.39 is 0 Å². The van der Waals surface area contributed by atoms with Crippen molar-refractivity contribution in [2.75, 3.05) is 31.1 Å². The molecule has 3 aromatic rings. The van der Waals surface area contributed by atoms with Crippen molar-refractivity contribution in [3.8, 4) is 11.3 Å². The highest BCUT2D eigenvalue weighted by atomic mass is 35.5. The van der Waals surface area contributed by atoms with Gasteiger partial charge in [-0.15, -0.1) is 11.3 Å². The number of halogens is 1. The third-order valence-corrected chi connectivity index (χ3v) is 6.52. The lowest BCUT2D eigenvalue weighted by Crippen LogP contribution is -2.41. The number of thiophene rings is 1. The monoisotopic (exact) mass is 444 g/mol. The first-order valence-corrected chi connectivity index (χ1v) is 11.2. The Balaban J connectivity index is 1.36. The van der Waals surface area contributed by atoms with Gasteiger partial charge in [-0.2, -0.15) is 0 Å². The Hall–Kier alpha value is -2.51. The summed E-state index contributed by atoms with van der Waals surface area (Å²) in [5.74, 6) is 1.46. The number of carbonyl (C=O) groups excluding carboxylic acids is 1. The zero-order valence-corrected chi connectivity index (χ0v) is 18.7. The predicted molar refractivity (Wildman–Crippen MR) is 121 cm³/mol. The molecule has 0 saturated carbocycles. The van der Waals surface area contributed by atoms with Crippen LogP contribution >= 0.6 is 22.9 Å². The standard InChI is InChI=1S/C22H25ClN4O2S/c1-15-12-17(4-6-19(15)20-14-24-16(2)29-20)26-8-3-9-27(11-10-26)22(28)25-13-18-5-7-21(23)30-18/h4-7,12,14H,3,8-11,13H2,1-2H3,(H,25,28). The van der Waals surface area contributed by atoms with E-state index in [2.05, 4.69) is 40.3 Å². The van der Waals surface area contributed by atoms with Crippen LogP contribution in [0.5, 0.6) is 0 Å². The summed E-state index contributed by atoms with van der Waals surface area (Å²) in [7, 11) is 0. The summed E-state index contributed by atoms with van der Waals surface area (Å²) in [5.41, 5.74) is 3.38. The Bertz CT molecular complexity index is 1030. The van der Waals surface area contributed by atoms with Crippen LogP contribution in [0.4, 0.5) is 10.5 Å². The first-order valence-electron chi connectivity index (χ1n) is 10.0. The number of aryl methyl sites for hydroxylation is 2. The number of amides is 2. The van der Waals surface area contributed by atoms with E-state index in [4.69, 9.17) is 16.0 Å². The second-order valence-electron chi connectivity index (χ2n) is 7.43. The Labute approximate surface area is 185 Å². The molecule has 1 aliphatic rings. The van der Waals surface area contributed by atoms with Gasteiger partial charge in [-0.25, -0.2) is 9.78 Å². The van der Waals surface area contributed by atoms with Gasteiger partial charge in [-0.1, -0.05) is 11.6 Å². The molecule has 0 unspecified atom stereocenters. The van der Waals surface area contributed by atoms with Crippen LogP contribution in [-0.4, -0.2) is 42.1 Å². The topological polar surface area (TPSA) is 61.6 Å². The Kier molecular flexibility index (Phi) is 6.29. The maximum Gasteiger partial charge on any atom is 0.317 e. The number of rotatable bonds is 4. The summed E-state index contributed by atoms with van der Waals surface area (Å²) in [6, 6.07) is 10.2. The minimum Gasteiger partial charge on any atom is -0.441 e. The van der Waals surface area contributed by atoms with Gasteiger partial charge in [0.2, 0.25) is 0 Å². The molecule has 158 valence electrons. The molecule has 1 fully saturated rings.